The van der Waals surface area contributed by atoms with E-state index in [1.165, 1.54) is 12.8 Å². The number of hydrogen-bond acceptors (Lipinski definition) is 5. The summed E-state index contributed by atoms with van der Waals surface area (Å²) in [5.41, 5.74) is 6.38. The summed E-state index contributed by atoms with van der Waals surface area (Å²) in [6.45, 7) is 4.60. The average Bonchev–Trinajstić information content (AvgIpc) is 3.05. The Kier molecular flexibility index (Phi) is 4.90. The second kappa shape index (κ2) is 6.68. The lowest BCUT2D eigenvalue weighted by Gasteiger charge is -2.03. The highest BCUT2D eigenvalue weighted by Crippen LogP contribution is 2.28. The molecule has 0 bridgehead atoms. The largest absolute Gasteiger partial charge is 0.380 e. The van der Waals surface area contributed by atoms with Gasteiger partial charge in [0.2, 0.25) is 0 Å². The van der Waals surface area contributed by atoms with E-state index in [0.717, 1.165) is 44.5 Å². The Labute approximate surface area is 102 Å². The van der Waals surface area contributed by atoms with Gasteiger partial charge in [-0.2, -0.15) is 0 Å². The van der Waals surface area contributed by atoms with Crippen LogP contribution in [0.2, 0.25) is 0 Å². The quantitative estimate of drug-likeness (QED) is 0.581. The summed E-state index contributed by atoms with van der Waals surface area (Å²) in [6, 6.07) is 0. The zero-order chi connectivity index (χ0) is 11.9. The van der Waals surface area contributed by atoms with Gasteiger partial charge >= 0.3 is 0 Å². The molecule has 0 aromatic carbocycles. The van der Waals surface area contributed by atoms with Crippen molar-refractivity contribution in [1.82, 2.24) is 20.3 Å². The third kappa shape index (κ3) is 4.80. The van der Waals surface area contributed by atoms with Crippen molar-refractivity contribution in [2.75, 3.05) is 26.3 Å². The van der Waals surface area contributed by atoms with Crippen molar-refractivity contribution in [2.45, 2.75) is 25.9 Å². The van der Waals surface area contributed by atoms with Gasteiger partial charge in [0.15, 0.2) is 0 Å². The minimum Gasteiger partial charge on any atom is -0.380 e. The summed E-state index contributed by atoms with van der Waals surface area (Å²) in [5.74, 6) is 0.839. The average molecular weight is 239 g/mol. The van der Waals surface area contributed by atoms with Crippen LogP contribution in [0.3, 0.4) is 0 Å². The topological polar surface area (TPSA) is 78.0 Å². The summed E-state index contributed by atoms with van der Waals surface area (Å²) in [7, 11) is 0. The maximum absolute atomic E-state index is 5.52. The summed E-state index contributed by atoms with van der Waals surface area (Å²) in [5, 5.41) is 11.3. The number of ether oxygens (including phenoxy) is 1. The van der Waals surface area contributed by atoms with Crippen LogP contribution >= 0.6 is 0 Å². The normalized spacial score (nSPS) is 15.4. The second-order valence-electron chi connectivity index (χ2n) is 4.46. The van der Waals surface area contributed by atoms with Crippen molar-refractivity contribution >= 4 is 0 Å². The third-order valence-corrected chi connectivity index (χ3v) is 2.72. The molecule has 3 N–H and O–H groups in total. The van der Waals surface area contributed by atoms with E-state index in [2.05, 4.69) is 15.6 Å². The first-order chi connectivity index (χ1) is 8.38. The van der Waals surface area contributed by atoms with E-state index >= 15 is 0 Å². The summed E-state index contributed by atoms with van der Waals surface area (Å²) >= 11 is 0. The van der Waals surface area contributed by atoms with E-state index in [4.69, 9.17) is 10.5 Å². The molecule has 6 nitrogen and oxygen atoms in total. The Morgan fingerprint density at radius 3 is 3.18 bits per heavy atom. The van der Waals surface area contributed by atoms with Gasteiger partial charge in [-0.05, 0) is 18.8 Å². The molecule has 0 spiro atoms. The molecule has 0 radical (unpaired) electrons. The molecular weight excluding hydrogens is 218 g/mol. The fraction of sp³-hybridized carbons (Fsp3) is 0.818. The van der Waals surface area contributed by atoms with Gasteiger partial charge < -0.3 is 15.8 Å². The fourth-order valence-electron chi connectivity index (χ4n) is 1.56. The predicted octanol–water partition coefficient (Wildman–Crippen LogP) is -0.247. The summed E-state index contributed by atoms with van der Waals surface area (Å²) in [6.07, 6.45) is 4.61. The van der Waals surface area contributed by atoms with Crippen LogP contribution in [0.25, 0.3) is 0 Å². The Balaban J connectivity index is 1.50. The van der Waals surface area contributed by atoms with Crippen molar-refractivity contribution in [2.24, 2.45) is 11.7 Å². The van der Waals surface area contributed by atoms with Crippen LogP contribution in [0.1, 0.15) is 18.5 Å². The molecule has 1 heterocycles. The van der Waals surface area contributed by atoms with Gasteiger partial charge in [0, 0.05) is 32.4 Å². The van der Waals surface area contributed by atoms with E-state index in [-0.39, 0.29) is 0 Å². The Hall–Kier alpha value is -0.980. The Morgan fingerprint density at radius 2 is 2.41 bits per heavy atom. The maximum atomic E-state index is 5.52. The molecule has 0 saturated heterocycles. The summed E-state index contributed by atoms with van der Waals surface area (Å²) < 4.78 is 7.28. The number of nitrogens with zero attached hydrogens (tertiary/aromatic N) is 3. The lowest BCUT2D eigenvalue weighted by molar-refractivity contribution is 0.126. The van der Waals surface area contributed by atoms with Crippen molar-refractivity contribution in [3.05, 3.63) is 11.9 Å². The van der Waals surface area contributed by atoms with Crippen LogP contribution < -0.4 is 11.1 Å². The zero-order valence-electron chi connectivity index (χ0n) is 10.1. The van der Waals surface area contributed by atoms with Crippen molar-refractivity contribution < 1.29 is 4.74 Å². The Bertz CT molecular complexity index is 323. The SMILES string of the molecule is NCCn1cc(CNCCOCC2CC2)nn1. The first kappa shape index (κ1) is 12.5. The molecule has 1 fully saturated rings. The van der Waals surface area contributed by atoms with Gasteiger partial charge in [-0.15, -0.1) is 5.10 Å². The molecule has 96 valence electrons. The molecule has 0 atom stereocenters. The standard InChI is InChI=1S/C11H21N5O/c12-3-5-16-8-11(14-15-16)7-13-4-6-17-9-10-1-2-10/h8,10,13H,1-7,9,12H2. The molecule has 1 aliphatic carbocycles. The summed E-state index contributed by atoms with van der Waals surface area (Å²) in [4.78, 5) is 0. The molecule has 17 heavy (non-hydrogen) atoms. The highest BCUT2D eigenvalue weighted by Gasteiger charge is 2.20. The van der Waals surface area contributed by atoms with E-state index < -0.39 is 0 Å². The molecule has 2 rings (SSSR count). The second-order valence-corrected chi connectivity index (χ2v) is 4.46. The van der Waals surface area contributed by atoms with Crippen LogP contribution in [0.5, 0.6) is 0 Å². The smallest absolute Gasteiger partial charge is 0.0964 e. The van der Waals surface area contributed by atoms with E-state index in [9.17, 15) is 0 Å². The van der Waals surface area contributed by atoms with Gasteiger partial charge in [0.1, 0.15) is 0 Å². The number of nitrogens with one attached hydrogen (secondary N) is 1. The number of rotatable bonds is 9. The number of aromatic nitrogens is 3. The molecule has 1 aliphatic rings. The molecule has 0 aliphatic heterocycles. The number of hydrogen-bond donors (Lipinski definition) is 2. The molecule has 0 amide bonds. The first-order valence-corrected chi connectivity index (χ1v) is 6.26. The van der Waals surface area contributed by atoms with Gasteiger partial charge in [-0.25, -0.2) is 0 Å². The number of nitrogens with two attached hydrogens (primary N) is 1. The minimum atomic E-state index is 0.589. The van der Waals surface area contributed by atoms with E-state index in [0.29, 0.717) is 6.54 Å². The lowest BCUT2D eigenvalue weighted by Crippen LogP contribution is -2.20. The molecule has 1 saturated carbocycles. The molecule has 0 unspecified atom stereocenters. The van der Waals surface area contributed by atoms with Crippen LogP contribution in [0.4, 0.5) is 0 Å². The molecule has 1 aromatic rings. The monoisotopic (exact) mass is 239 g/mol. The first-order valence-electron chi connectivity index (χ1n) is 6.26. The third-order valence-electron chi connectivity index (χ3n) is 2.72. The van der Waals surface area contributed by atoms with Gasteiger partial charge in [0.05, 0.1) is 18.8 Å². The minimum absolute atomic E-state index is 0.589. The van der Waals surface area contributed by atoms with Gasteiger partial charge in [-0.3, -0.25) is 4.68 Å². The Morgan fingerprint density at radius 1 is 1.53 bits per heavy atom. The van der Waals surface area contributed by atoms with Gasteiger partial charge in [0.25, 0.3) is 0 Å². The highest BCUT2D eigenvalue weighted by atomic mass is 16.5. The van der Waals surface area contributed by atoms with Crippen LogP contribution in [0.15, 0.2) is 6.20 Å². The van der Waals surface area contributed by atoms with Crippen LogP contribution in [0, 0.1) is 5.92 Å². The predicted molar refractivity (Wildman–Crippen MR) is 64.3 cm³/mol. The van der Waals surface area contributed by atoms with Crippen molar-refractivity contribution in [3.63, 3.8) is 0 Å². The van der Waals surface area contributed by atoms with E-state index in [1.807, 2.05) is 6.20 Å². The van der Waals surface area contributed by atoms with Crippen LogP contribution in [-0.4, -0.2) is 41.3 Å². The van der Waals surface area contributed by atoms with Crippen molar-refractivity contribution in [1.29, 1.82) is 0 Å². The highest BCUT2D eigenvalue weighted by molar-refractivity contribution is 4.91. The molecular formula is C11H21N5O. The van der Waals surface area contributed by atoms with Crippen LogP contribution in [-0.2, 0) is 17.8 Å². The van der Waals surface area contributed by atoms with Gasteiger partial charge in [-0.1, -0.05) is 5.21 Å². The van der Waals surface area contributed by atoms with Crippen molar-refractivity contribution in [3.8, 4) is 0 Å². The van der Waals surface area contributed by atoms with E-state index in [1.54, 1.807) is 4.68 Å². The lowest BCUT2D eigenvalue weighted by atomic mass is 10.4. The fourth-order valence-corrected chi connectivity index (χ4v) is 1.56. The zero-order valence-corrected chi connectivity index (χ0v) is 10.1. The maximum Gasteiger partial charge on any atom is 0.0964 e. The molecule has 1 aromatic heterocycles. The molecule has 6 heteroatoms.